The van der Waals surface area contributed by atoms with E-state index in [4.69, 9.17) is 9.47 Å². The van der Waals surface area contributed by atoms with Crippen LogP contribution < -0.4 is 4.74 Å². The van der Waals surface area contributed by atoms with Gasteiger partial charge in [-0.2, -0.15) is 0 Å². The number of para-hydroxylation sites is 1. The first-order valence-corrected chi connectivity index (χ1v) is 8.21. The van der Waals surface area contributed by atoms with E-state index in [0.29, 0.717) is 28.9 Å². The van der Waals surface area contributed by atoms with Gasteiger partial charge in [-0.25, -0.2) is 4.79 Å². The molecule has 0 aliphatic carbocycles. The Bertz CT molecular complexity index is 750. The summed E-state index contributed by atoms with van der Waals surface area (Å²) in [5, 5.41) is 0. The van der Waals surface area contributed by atoms with Crippen molar-refractivity contribution in [3.63, 3.8) is 0 Å². The third kappa shape index (κ3) is 5.05. The van der Waals surface area contributed by atoms with E-state index in [9.17, 15) is 9.59 Å². The molecule has 0 saturated heterocycles. The topological polar surface area (TPSA) is 52.6 Å². The highest BCUT2D eigenvalue weighted by Crippen LogP contribution is 2.22. The van der Waals surface area contributed by atoms with Crippen LogP contribution in [-0.2, 0) is 9.53 Å². The minimum absolute atomic E-state index is 0.108. The van der Waals surface area contributed by atoms with Crippen molar-refractivity contribution in [3.8, 4) is 5.75 Å². The lowest BCUT2D eigenvalue weighted by molar-refractivity contribution is -0.145. The number of ketones is 1. The minimum atomic E-state index is -0.441. The normalized spacial score (nSPS) is 11.4. The molecule has 0 fully saturated rings. The van der Waals surface area contributed by atoms with Crippen molar-refractivity contribution < 1.29 is 19.1 Å². The fraction of sp³-hybridized carbons (Fsp3) is 0.238. The fourth-order valence-corrected chi connectivity index (χ4v) is 2.20. The van der Waals surface area contributed by atoms with Crippen LogP contribution in [0.5, 0.6) is 5.75 Å². The second kappa shape index (κ2) is 8.83. The highest BCUT2D eigenvalue weighted by atomic mass is 16.6. The molecule has 4 nitrogen and oxygen atoms in total. The van der Waals surface area contributed by atoms with Gasteiger partial charge < -0.3 is 9.47 Å². The van der Waals surface area contributed by atoms with Crippen LogP contribution in [0.15, 0.2) is 66.7 Å². The molecule has 4 heteroatoms. The molecule has 2 aromatic rings. The molecule has 25 heavy (non-hydrogen) atoms. The van der Waals surface area contributed by atoms with Crippen LogP contribution in [0.1, 0.15) is 36.2 Å². The van der Waals surface area contributed by atoms with Gasteiger partial charge in [-0.3, -0.25) is 4.79 Å². The lowest BCUT2D eigenvalue weighted by Gasteiger charge is -2.18. The Morgan fingerprint density at radius 2 is 1.68 bits per heavy atom. The second-order valence-electron chi connectivity index (χ2n) is 5.72. The third-order valence-corrected chi connectivity index (χ3v) is 3.67. The molecule has 1 atom stereocenters. The van der Waals surface area contributed by atoms with Crippen molar-refractivity contribution in [1.29, 1.82) is 0 Å². The molecular formula is C21H22O4. The fourth-order valence-electron chi connectivity index (χ4n) is 2.20. The molecule has 0 bridgehead atoms. The number of carbonyl (C=O) groups excluding carboxylic acids is 2. The molecule has 2 rings (SSSR count). The highest BCUT2D eigenvalue weighted by molar-refractivity contribution is 6.10. The number of hydrogen-bond acceptors (Lipinski definition) is 4. The number of esters is 1. The molecule has 2 aromatic carbocycles. The van der Waals surface area contributed by atoms with Crippen LogP contribution in [0.2, 0.25) is 0 Å². The zero-order valence-corrected chi connectivity index (χ0v) is 14.5. The predicted octanol–water partition coefficient (Wildman–Crippen LogP) is 4.19. The Morgan fingerprint density at radius 3 is 2.32 bits per heavy atom. The summed E-state index contributed by atoms with van der Waals surface area (Å²) in [4.78, 5) is 24.3. The number of rotatable bonds is 8. The molecular weight excluding hydrogens is 316 g/mol. The summed E-state index contributed by atoms with van der Waals surface area (Å²) < 4.78 is 11.1. The van der Waals surface area contributed by atoms with Crippen molar-refractivity contribution >= 4 is 11.8 Å². The largest absolute Gasteiger partial charge is 0.489 e. The lowest BCUT2D eigenvalue weighted by Crippen LogP contribution is -2.25. The standard InChI is InChI=1S/C21H22O4/c1-4-17(25-21(23)15(2)3)14-24-19-13-9-8-12-18(19)20(22)16-10-6-5-7-11-16/h5-13,17H,2,4,14H2,1,3H3. The van der Waals surface area contributed by atoms with Crippen molar-refractivity contribution in [2.24, 2.45) is 0 Å². The lowest BCUT2D eigenvalue weighted by atomic mass is 10.0. The van der Waals surface area contributed by atoms with Gasteiger partial charge in [-0.1, -0.05) is 56.0 Å². The summed E-state index contributed by atoms with van der Waals surface area (Å²) in [5.41, 5.74) is 1.42. The molecule has 0 N–H and O–H groups in total. The zero-order chi connectivity index (χ0) is 18.2. The summed E-state index contributed by atoms with van der Waals surface area (Å²) >= 11 is 0. The molecule has 0 heterocycles. The summed E-state index contributed by atoms with van der Waals surface area (Å²) in [6.45, 7) is 7.25. The first-order valence-electron chi connectivity index (χ1n) is 8.21. The van der Waals surface area contributed by atoms with Gasteiger partial charge in [0.05, 0.1) is 5.56 Å². The van der Waals surface area contributed by atoms with E-state index in [1.165, 1.54) is 0 Å². The van der Waals surface area contributed by atoms with Crippen LogP contribution in [0.3, 0.4) is 0 Å². The van der Waals surface area contributed by atoms with E-state index in [1.807, 2.05) is 25.1 Å². The molecule has 0 spiro atoms. The number of carbonyl (C=O) groups is 2. The Morgan fingerprint density at radius 1 is 1.04 bits per heavy atom. The SMILES string of the molecule is C=C(C)C(=O)OC(CC)COc1ccccc1C(=O)c1ccccc1. The maximum Gasteiger partial charge on any atom is 0.333 e. The molecule has 0 aliphatic rings. The van der Waals surface area contributed by atoms with E-state index < -0.39 is 12.1 Å². The van der Waals surface area contributed by atoms with Crippen LogP contribution in [0.25, 0.3) is 0 Å². The Labute approximate surface area is 148 Å². The molecule has 0 saturated carbocycles. The first-order chi connectivity index (χ1) is 12.0. The van der Waals surface area contributed by atoms with Crippen molar-refractivity contribution in [2.45, 2.75) is 26.4 Å². The second-order valence-corrected chi connectivity index (χ2v) is 5.72. The van der Waals surface area contributed by atoms with E-state index >= 15 is 0 Å². The van der Waals surface area contributed by atoms with Crippen LogP contribution in [-0.4, -0.2) is 24.5 Å². The molecule has 130 valence electrons. The van der Waals surface area contributed by atoms with Crippen LogP contribution in [0, 0.1) is 0 Å². The molecule has 0 amide bonds. The smallest absolute Gasteiger partial charge is 0.333 e. The molecule has 0 aliphatic heterocycles. The van der Waals surface area contributed by atoms with Gasteiger partial charge >= 0.3 is 5.97 Å². The Hall–Kier alpha value is -2.88. The maximum atomic E-state index is 12.7. The van der Waals surface area contributed by atoms with Crippen LogP contribution >= 0.6 is 0 Å². The molecule has 0 aromatic heterocycles. The first kappa shape index (κ1) is 18.5. The van der Waals surface area contributed by atoms with Crippen LogP contribution in [0.4, 0.5) is 0 Å². The predicted molar refractivity (Wildman–Crippen MR) is 96.8 cm³/mol. The average Bonchev–Trinajstić information content (AvgIpc) is 2.65. The van der Waals surface area contributed by atoms with Gasteiger partial charge in [0.1, 0.15) is 18.5 Å². The van der Waals surface area contributed by atoms with Crippen molar-refractivity contribution in [2.75, 3.05) is 6.61 Å². The van der Waals surface area contributed by atoms with Gasteiger partial charge in [-0.15, -0.1) is 0 Å². The monoisotopic (exact) mass is 338 g/mol. The quantitative estimate of drug-likeness (QED) is 0.411. The Balaban J connectivity index is 2.11. The van der Waals surface area contributed by atoms with Gasteiger partial charge in [0, 0.05) is 11.1 Å². The van der Waals surface area contributed by atoms with E-state index in [0.717, 1.165) is 0 Å². The van der Waals surface area contributed by atoms with Gasteiger partial charge in [-0.05, 0) is 25.5 Å². The summed E-state index contributed by atoms with van der Waals surface area (Å²) in [6, 6.07) is 16.1. The van der Waals surface area contributed by atoms with Crippen molar-refractivity contribution in [3.05, 3.63) is 77.9 Å². The summed E-state index contributed by atoms with van der Waals surface area (Å²) in [6.07, 6.45) is 0.206. The summed E-state index contributed by atoms with van der Waals surface area (Å²) in [7, 11) is 0. The highest BCUT2D eigenvalue weighted by Gasteiger charge is 2.17. The van der Waals surface area contributed by atoms with E-state index in [2.05, 4.69) is 6.58 Å². The number of hydrogen-bond donors (Lipinski definition) is 0. The van der Waals surface area contributed by atoms with E-state index in [-0.39, 0.29) is 12.4 Å². The number of ether oxygens (including phenoxy) is 2. The Kier molecular flexibility index (Phi) is 6.52. The molecule has 1 unspecified atom stereocenters. The zero-order valence-electron chi connectivity index (χ0n) is 14.5. The van der Waals surface area contributed by atoms with Gasteiger partial charge in [0.15, 0.2) is 5.78 Å². The average molecular weight is 338 g/mol. The van der Waals surface area contributed by atoms with Gasteiger partial charge in [0.25, 0.3) is 0 Å². The van der Waals surface area contributed by atoms with Crippen molar-refractivity contribution in [1.82, 2.24) is 0 Å². The maximum absolute atomic E-state index is 12.7. The molecule has 0 radical (unpaired) electrons. The van der Waals surface area contributed by atoms with Gasteiger partial charge in [0.2, 0.25) is 0 Å². The summed E-state index contributed by atoms with van der Waals surface area (Å²) in [5.74, 6) is -0.0755. The third-order valence-electron chi connectivity index (χ3n) is 3.67. The number of benzene rings is 2. The van der Waals surface area contributed by atoms with E-state index in [1.54, 1.807) is 43.3 Å². The minimum Gasteiger partial charge on any atom is -0.489 e.